The van der Waals surface area contributed by atoms with Gasteiger partial charge >= 0.3 is 0 Å². The van der Waals surface area contributed by atoms with Crippen molar-refractivity contribution in [1.29, 1.82) is 0 Å². The topological polar surface area (TPSA) is 42.2 Å². The second-order valence-electron chi connectivity index (χ2n) is 3.07. The van der Waals surface area contributed by atoms with Crippen molar-refractivity contribution in [3.8, 4) is 0 Å². The summed E-state index contributed by atoms with van der Waals surface area (Å²) in [4.78, 5) is 11.7. The average Bonchev–Trinajstić information content (AvgIpc) is 2.67. The zero-order valence-electron chi connectivity index (χ0n) is 8.13. The molecule has 0 saturated heterocycles. The van der Waals surface area contributed by atoms with Gasteiger partial charge in [0.2, 0.25) is 0 Å². The fourth-order valence-corrected chi connectivity index (χ4v) is 1.73. The summed E-state index contributed by atoms with van der Waals surface area (Å²) in [6.45, 7) is 2.75. The Hall–Kier alpha value is -0.770. The largest absolute Gasteiger partial charge is 0.459 e. The van der Waals surface area contributed by atoms with Crippen LogP contribution in [0.2, 0.25) is 0 Å². The van der Waals surface area contributed by atoms with Gasteiger partial charge in [0.15, 0.2) is 5.76 Å². The first-order chi connectivity index (χ1) is 6.74. The summed E-state index contributed by atoms with van der Waals surface area (Å²) in [6, 6.07) is 3.35. The molecular formula is C10H14BrNO2. The molecule has 1 unspecified atom stereocenters. The summed E-state index contributed by atoms with van der Waals surface area (Å²) in [7, 11) is 0. The Labute approximate surface area is 92.0 Å². The van der Waals surface area contributed by atoms with Gasteiger partial charge in [0.25, 0.3) is 5.91 Å². The van der Waals surface area contributed by atoms with E-state index in [1.165, 1.54) is 6.26 Å². The molecule has 1 atom stereocenters. The highest BCUT2D eigenvalue weighted by Gasteiger charge is 2.09. The molecule has 1 N–H and O–H groups in total. The third kappa shape index (κ3) is 3.54. The molecule has 1 rings (SSSR count). The van der Waals surface area contributed by atoms with Gasteiger partial charge in [-0.15, -0.1) is 0 Å². The number of carbonyl (C=O) groups excluding carboxylic acids is 1. The number of hydrogen-bond donors (Lipinski definition) is 1. The van der Waals surface area contributed by atoms with Gasteiger partial charge in [-0.1, -0.05) is 29.3 Å². The van der Waals surface area contributed by atoms with Crippen LogP contribution < -0.4 is 5.32 Å². The van der Waals surface area contributed by atoms with Crippen LogP contribution in [0.15, 0.2) is 22.8 Å². The first-order valence-corrected chi connectivity index (χ1v) is 5.61. The maximum absolute atomic E-state index is 11.4. The van der Waals surface area contributed by atoms with Crippen LogP contribution in [-0.2, 0) is 0 Å². The van der Waals surface area contributed by atoms with Crippen LogP contribution >= 0.6 is 15.9 Å². The molecule has 0 aliphatic heterocycles. The Balaban J connectivity index is 2.28. The van der Waals surface area contributed by atoms with Crippen molar-refractivity contribution in [3.05, 3.63) is 24.2 Å². The average molecular weight is 260 g/mol. The van der Waals surface area contributed by atoms with Crippen LogP contribution in [0.1, 0.15) is 30.3 Å². The summed E-state index contributed by atoms with van der Waals surface area (Å²) in [5.74, 6) is 0.205. The molecule has 1 heterocycles. The summed E-state index contributed by atoms with van der Waals surface area (Å²) >= 11 is 3.48. The van der Waals surface area contributed by atoms with Crippen molar-refractivity contribution in [2.24, 2.45) is 0 Å². The van der Waals surface area contributed by atoms with Crippen LogP contribution in [0.4, 0.5) is 0 Å². The van der Waals surface area contributed by atoms with Crippen molar-refractivity contribution >= 4 is 21.8 Å². The third-order valence-corrected chi connectivity index (χ3v) is 2.61. The maximum Gasteiger partial charge on any atom is 0.287 e. The van der Waals surface area contributed by atoms with E-state index in [0.717, 1.165) is 12.8 Å². The zero-order chi connectivity index (χ0) is 10.4. The summed E-state index contributed by atoms with van der Waals surface area (Å²) in [5.41, 5.74) is 0. The van der Waals surface area contributed by atoms with Gasteiger partial charge in [-0.05, 0) is 18.6 Å². The summed E-state index contributed by atoms with van der Waals surface area (Å²) < 4.78 is 4.96. The van der Waals surface area contributed by atoms with Crippen molar-refractivity contribution in [1.82, 2.24) is 5.32 Å². The number of hydrogen-bond acceptors (Lipinski definition) is 2. The smallest absolute Gasteiger partial charge is 0.287 e. The summed E-state index contributed by atoms with van der Waals surface area (Å²) in [6.07, 6.45) is 3.65. The first-order valence-electron chi connectivity index (χ1n) is 4.69. The highest BCUT2D eigenvalue weighted by atomic mass is 79.9. The number of nitrogens with one attached hydrogen (secondary N) is 1. The Bertz CT molecular complexity index is 272. The van der Waals surface area contributed by atoms with E-state index in [2.05, 4.69) is 28.2 Å². The van der Waals surface area contributed by atoms with Gasteiger partial charge in [-0.3, -0.25) is 4.79 Å². The van der Waals surface area contributed by atoms with Gasteiger partial charge in [0, 0.05) is 11.4 Å². The van der Waals surface area contributed by atoms with E-state index in [1.807, 2.05) is 0 Å². The predicted molar refractivity (Wildman–Crippen MR) is 58.7 cm³/mol. The van der Waals surface area contributed by atoms with E-state index < -0.39 is 0 Å². The fraction of sp³-hybridized carbons (Fsp3) is 0.500. The predicted octanol–water partition coefficient (Wildman–Crippen LogP) is 2.57. The lowest BCUT2D eigenvalue weighted by Gasteiger charge is -2.08. The van der Waals surface area contributed by atoms with E-state index >= 15 is 0 Å². The molecule has 0 spiro atoms. The molecule has 14 heavy (non-hydrogen) atoms. The molecule has 0 aromatic carbocycles. The minimum absolute atomic E-state index is 0.157. The van der Waals surface area contributed by atoms with Crippen molar-refractivity contribution < 1.29 is 9.21 Å². The molecule has 0 aliphatic carbocycles. The van der Waals surface area contributed by atoms with Crippen LogP contribution in [0, 0.1) is 0 Å². The van der Waals surface area contributed by atoms with Crippen molar-refractivity contribution in [2.75, 3.05) is 6.54 Å². The highest BCUT2D eigenvalue weighted by molar-refractivity contribution is 9.09. The Kier molecular flexibility index (Phi) is 4.73. The highest BCUT2D eigenvalue weighted by Crippen LogP contribution is 2.06. The molecule has 1 aromatic rings. The SMILES string of the molecule is CCCC(Br)CNC(=O)c1ccco1. The van der Waals surface area contributed by atoms with Gasteiger partial charge in [0.05, 0.1) is 6.26 Å². The van der Waals surface area contributed by atoms with Crippen LogP contribution in [-0.4, -0.2) is 17.3 Å². The lowest BCUT2D eigenvalue weighted by molar-refractivity contribution is 0.0926. The Morgan fingerprint density at radius 1 is 1.71 bits per heavy atom. The van der Waals surface area contributed by atoms with E-state index in [9.17, 15) is 4.79 Å². The molecule has 78 valence electrons. The monoisotopic (exact) mass is 259 g/mol. The molecule has 0 radical (unpaired) electrons. The molecule has 3 nitrogen and oxygen atoms in total. The van der Waals surface area contributed by atoms with E-state index in [0.29, 0.717) is 17.1 Å². The number of furan rings is 1. The third-order valence-electron chi connectivity index (χ3n) is 1.83. The molecule has 0 bridgehead atoms. The second kappa shape index (κ2) is 5.86. The number of halogens is 1. The van der Waals surface area contributed by atoms with Crippen LogP contribution in [0.25, 0.3) is 0 Å². The quantitative estimate of drug-likeness (QED) is 0.827. The van der Waals surface area contributed by atoms with Crippen LogP contribution in [0.3, 0.4) is 0 Å². The minimum Gasteiger partial charge on any atom is -0.459 e. The number of amides is 1. The lowest BCUT2D eigenvalue weighted by atomic mass is 10.2. The molecule has 0 fully saturated rings. The van der Waals surface area contributed by atoms with E-state index in [-0.39, 0.29) is 5.91 Å². The standard InChI is InChI=1S/C10H14BrNO2/c1-2-4-8(11)7-12-10(13)9-5-3-6-14-9/h3,5-6,8H,2,4,7H2,1H3,(H,12,13). The minimum atomic E-state index is -0.157. The Morgan fingerprint density at radius 3 is 3.07 bits per heavy atom. The number of rotatable bonds is 5. The number of carbonyl (C=O) groups is 1. The zero-order valence-corrected chi connectivity index (χ0v) is 9.71. The van der Waals surface area contributed by atoms with Gasteiger partial charge in [-0.2, -0.15) is 0 Å². The Morgan fingerprint density at radius 2 is 2.50 bits per heavy atom. The molecule has 0 aliphatic rings. The van der Waals surface area contributed by atoms with Gasteiger partial charge < -0.3 is 9.73 Å². The summed E-state index contributed by atoms with van der Waals surface area (Å²) in [5, 5.41) is 2.79. The van der Waals surface area contributed by atoms with E-state index in [1.54, 1.807) is 12.1 Å². The van der Waals surface area contributed by atoms with Gasteiger partial charge in [0.1, 0.15) is 0 Å². The molecule has 1 aromatic heterocycles. The molecule has 0 saturated carbocycles. The normalized spacial score (nSPS) is 12.4. The van der Waals surface area contributed by atoms with E-state index in [4.69, 9.17) is 4.42 Å². The second-order valence-corrected chi connectivity index (χ2v) is 4.37. The fourth-order valence-electron chi connectivity index (χ4n) is 1.11. The lowest BCUT2D eigenvalue weighted by Crippen LogP contribution is -2.29. The maximum atomic E-state index is 11.4. The molecule has 1 amide bonds. The number of alkyl halides is 1. The van der Waals surface area contributed by atoms with Crippen molar-refractivity contribution in [3.63, 3.8) is 0 Å². The molecular weight excluding hydrogens is 246 g/mol. The van der Waals surface area contributed by atoms with Crippen LogP contribution in [0.5, 0.6) is 0 Å². The molecule has 4 heteroatoms. The first kappa shape index (κ1) is 11.3. The van der Waals surface area contributed by atoms with Crippen molar-refractivity contribution in [2.45, 2.75) is 24.6 Å². The van der Waals surface area contributed by atoms with Gasteiger partial charge in [-0.25, -0.2) is 0 Å².